The zero-order chi connectivity index (χ0) is 18.4. The third-order valence-corrected chi connectivity index (χ3v) is 4.14. The number of benzene rings is 1. The fourth-order valence-corrected chi connectivity index (χ4v) is 2.59. The molecule has 1 atom stereocenters. The molecule has 1 aliphatic rings. The number of amides is 4. The van der Waals surface area contributed by atoms with Crippen LogP contribution in [0.4, 0.5) is 14.9 Å². The summed E-state index contributed by atoms with van der Waals surface area (Å²) in [6, 6.07) is 4.44. The van der Waals surface area contributed by atoms with Crippen molar-refractivity contribution >= 4 is 29.7 Å². The number of imide groups is 2. The van der Waals surface area contributed by atoms with Gasteiger partial charge in [-0.15, -0.1) is 0 Å². The predicted molar refractivity (Wildman–Crippen MR) is 91.2 cm³/mol. The monoisotopic (exact) mass is 349 g/mol. The summed E-state index contributed by atoms with van der Waals surface area (Å²) in [6.45, 7) is 7.30. The van der Waals surface area contributed by atoms with Crippen LogP contribution in [0, 0.1) is 11.7 Å². The second kappa shape index (κ2) is 8.48. The lowest BCUT2D eigenvalue weighted by Gasteiger charge is -2.28. The Hall–Kier alpha value is -2.61. The Kier molecular flexibility index (Phi) is 6.35. The maximum absolute atomic E-state index is 13.9. The highest BCUT2D eigenvalue weighted by Gasteiger charge is 2.41. The van der Waals surface area contributed by atoms with Gasteiger partial charge in [-0.2, -0.15) is 0 Å². The van der Waals surface area contributed by atoms with E-state index in [-0.39, 0.29) is 5.69 Å². The number of quaternary nitrogens is 1. The molecule has 1 aliphatic heterocycles. The van der Waals surface area contributed by atoms with Gasteiger partial charge < -0.3 is 4.90 Å². The number of hydrogen-bond donors (Lipinski definition) is 2. The Bertz CT molecular complexity index is 688. The Balaban J connectivity index is 2.13. The van der Waals surface area contributed by atoms with E-state index < -0.39 is 29.6 Å². The van der Waals surface area contributed by atoms with Gasteiger partial charge in [-0.05, 0) is 26.0 Å². The van der Waals surface area contributed by atoms with Crippen LogP contribution in [0.5, 0.6) is 0 Å². The van der Waals surface area contributed by atoms with Crippen molar-refractivity contribution in [3.63, 3.8) is 0 Å². The number of nitrogens with zero attached hydrogens (tertiary/aromatic N) is 2. The van der Waals surface area contributed by atoms with Crippen LogP contribution in [0.2, 0.25) is 0 Å². The minimum atomic E-state index is -1.25. The number of carbonyl (C=O) groups excluding carboxylic acids is 3. The quantitative estimate of drug-likeness (QED) is 0.538. The van der Waals surface area contributed by atoms with Crippen LogP contribution in [0.15, 0.2) is 29.3 Å². The zero-order valence-electron chi connectivity index (χ0n) is 14.3. The number of urea groups is 1. The molecule has 4 amide bonds. The van der Waals surface area contributed by atoms with E-state index in [0.717, 1.165) is 25.7 Å². The first-order chi connectivity index (χ1) is 12.0. The lowest BCUT2D eigenvalue weighted by Crippen LogP contribution is -3.11. The summed E-state index contributed by atoms with van der Waals surface area (Å²) in [5.41, 5.74) is -0.191. The van der Waals surface area contributed by atoms with Gasteiger partial charge in [0.25, 0.3) is 5.91 Å². The number of likely N-dealkylation sites (N-methyl/N-ethyl adjacent to an activating group) is 1. The van der Waals surface area contributed by atoms with Gasteiger partial charge in [0, 0.05) is 6.21 Å². The van der Waals surface area contributed by atoms with Crippen molar-refractivity contribution in [2.24, 2.45) is 10.9 Å². The second-order valence-electron chi connectivity index (χ2n) is 5.66. The number of nitrogens with one attached hydrogen (secondary N) is 2. The molecule has 2 N–H and O–H groups in total. The highest BCUT2D eigenvalue weighted by atomic mass is 19.1. The molecule has 25 heavy (non-hydrogen) atoms. The predicted octanol–water partition coefficient (Wildman–Crippen LogP) is 0.0202. The van der Waals surface area contributed by atoms with Crippen molar-refractivity contribution in [2.75, 3.05) is 31.1 Å². The van der Waals surface area contributed by atoms with E-state index in [0.29, 0.717) is 11.4 Å². The van der Waals surface area contributed by atoms with Crippen molar-refractivity contribution in [1.82, 2.24) is 5.32 Å². The van der Waals surface area contributed by atoms with Crippen molar-refractivity contribution in [1.29, 1.82) is 0 Å². The van der Waals surface area contributed by atoms with E-state index in [4.69, 9.17) is 0 Å². The average Bonchev–Trinajstić information content (AvgIpc) is 2.59. The SMILES string of the molecule is CC[NH+](CC)CCN=CC1C(=O)NC(=O)N(c2ccccc2F)C1=O. The summed E-state index contributed by atoms with van der Waals surface area (Å²) in [4.78, 5) is 42.6. The molecule has 1 heterocycles. The van der Waals surface area contributed by atoms with Crippen LogP contribution < -0.4 is 15.1 Å². The highest BCUT2D eigenvalue weighted by molar-refractivity contribution is 6.32. The Morgan fingerprint density at radius 1 is 1.24 bits per heavy atom. The first-order valence-corrected chi connectivity index (χ1v) is 8.26. The third kappa shape index (κ3) is 4.27. The number of para-hydroxylation sites is 1. The summed E-state index contributed by atoms with van der Waals surface area (Å²) >= 11 is 0. The molecule has 7 nitrogen and oxygen atoms in total. The smallest absolute Gasteiger partial charge is 0.334 e. The van der Waals surface area contributed by atoms with Gasteiger partial charge in [0.2, 0.25) is 5.91 Å². The molecule has 1 saturated heterocycles. The van der Waals surface area contributed by atoms with Crippen molar-refractivity contribution < 1.29 is 23.7 Å². The molecule has 0 saturated carbocycles. The fraction of sp³-hybridized carbons (Fsp3) is 0.412. The first-order valence-electron chi connectivity index (χ1n) is 8.26. The van der Waals surface area contributed by atoms with Crippen LogP contribution in [-0.4, -0.2) is 50.2 Å². The summed E-state index contributed by atoms with van der Waals surface area (Å²) < 4.78 is 13.9. The van der Waals surface area contributed by atoms with Crippen LogP contribution in [0.25, 0.3) is 0 Å². The number of rotatable bonds is 7. The molecule has 0 spiro atoms. The lowest BCUT2D eigenvalue weighted by atomic mass is 10.1. The van der Waals surface area contributed by atoms with E-state index in [1.165, 1.54) is 29.3 Å². The van der Waals surface area contributed by atoms with Gasteiger partial charge in [-0.3, -0.25) is 19.9 Å². The minimum absolute atomic E-state index is 0.191. The maximum Gasteiger partial charge on any atom is 0.335 e. The molecule has 0 aliphatic carbocycles. The number of aliphatic imine (C=N–C) groups is 1. The van der Waals surface area contributed by atoms with E-state index in [2.05, 4.69) is 24.2 Å². The number of barbiturate groups is 1. The molecule has 1 unspecified atom stereocenters. The number of anilines is 1. The summed E-state index contributed by atoms with van der Waals surface area (Å²) in [7, 11) is 0. The van der Waals surface area contributed by atoms with Crippen molar-refractivity contribution in [3.05, 3.63) is 30.1 Å². The van der Waals surface area contributed by atoms with Gasteiger partial charge in [0.1, 0.15) is 5.82 Å². The minimum Gasteiger partial charge on any atom is -0.334 e. The van der Waals surface area contributed by atoms with Gasteiger partial charge in [-0.1, -0.05) is 12.1 Å². The van der Waals surface area contributed by atoms with Crippen molar-refractivity contribution in [3.8, 4) is 0 Å². The molecule has 2 rings (SSSR count). The molecule has 8 heteroatoms. The summed E-state index contributed by atoms with van der Waals surface area (Å²) in [5.74, 6) is -3.52. The molecule has 1 aromatic rings. The summed E-state index contributed by atoms with van der Waals surface area (Å²) in [6.07, 6.45) is 1.24. The number of hydrogen-bond acceptors (Lipinski definition) is 4. The lowest BCUT2D eigenvalue weighted by molar-refractivity contribution is -0.894. The largest absolute Gasteiger partial charge is 0.335 e. The van der Waals surface area contributed by atoms with Crippen LogP contribution in [0.1, 0.15) is 13.8 Å². The van der Waals surface area contributed by atoms with Crippen LogP contribution in [0.3, 0.4) is 0 Å². The van der Waals surface area contributed by atoms with Gasteiger partial charge >= 0.3 is 6.03 Å². The first kappa shape index (κ1) is 18.7. The average molecular weight is 349 g/mol. The van der Waals surface area contributed by atoms with Gasteiger partial charge in [0.05, 0.1) is 31.9 Å². The number of halogens is 1. The highest BCUT2D eigenvalue weighted by Crippen LogP contribution is 2.23. The molecule has 0 radical (unpaired) electrons. The molecule has 1 fully saturated rings. The molecule has 0 aromatic heterocycles. The molecule has 134 valence electrons. The van der Waals surface area contributed by atoms with E-state index >= 15 is 0 Å². The van der Waals surface area contributed by atoms with E-state index in [1.54, 1.807) is 0 Å². The van der Waals surface area contributed by atoms with Crippen molar-refractivity contribution in [2.45, 2.75) is 13.8 Å². The second-order valence-corrected chi connectivity index (χ2v) is 5.66. The zero-order valence-corrected chi connectivity index (χ0v) is 14.3. The molecule has 1 aromatic carbocycles. The van der Waals surface area contributed by atoms with E-state index in [1.807, 2.05) is 0 Å². The molecule has 0 bridgehead atoms. The molecular weight excluding hydrogens is 327 g/mol. The fourth-order valence-electron chi connectivity index (χ4n) is 2.59. The van der Waals surface area contributed by atoms with E-state index in [9.17, 15) is 18.8 Å². The Labute approximate surface area is 145 Å². The Morgan fingerprint density at radius 3 is 2.56 bits per heavy atom. The third-order valence-electron chi connectivity index (χ3n) is 4.14. The van der Waals surface area contributed by atoms with Gasteiger partial charge in [0.15, 0.2) is 5.92 Å². The van der Waals surface area contributed by atoms with Gasteiger partial charge in [-0.25, -0.2) is 14.1 Å². The standard InChI is InChI=1S/C17H21FN4O3/c1-3-21(4-2)10-9-19-11-12-15(23)20-17(25)22(16(12)24)14-8-6-5-7-13(14)18/h5-8,11-12H,3-4,9-10H2,1-2H3,(H,20,23,25)/p+1. The summed E-state index contributed by atoms with van der Waals surface area (Å²) in [5, 5.41) is 2.07. The maximum atomic E-state index is 13.9. The number of carbonyl (C=O) groups is 3. The Morgan fingerprint density at radius 2 is 1.92 bits per heavy atom. The normalized spacial score (nSPS) is 18.3. The van der Waals surface area contributed by atoms with Crippen LogP contribution >= 0.6 is 0 Å². The van der Waals surface area contributed by atoms with Crippen LogP contribution in [-0.2, 0) is 9.59 Å². The molecular formula is C17H22FN4O3+. The topological polar surface area (TPSA) is 83.3 Å².